The van der Waals surface area contributed by atoms with Gasteiger partial charge in [-0.15, -0.1) is 11.3 Å². The van der Waals surface area contributed by atoms with Gasteiger partial charge in [-0.3, -0.25) is 4.79 Å². The minimum Gasteiger partial charge on any atom is -0.347 e. The first-order valence-electron chi connectivity index (χ1n) is 4.23. The van der Waals surface area contributed by atoms with Crippen molar-refractivity contribution in [3.05, 3.63) is 16.1 Å². The number of thiazole rings is 1. The smallest absolute Gasteiger partial charge is 0.270 e. The topological polar surface area (TPSA) is 65.8 Å². The number of amides is 1. The van der Waals surface area contributed by atoms with Gasteiger partial charge >= 0.3 is 0 Å². The highest BCUT2D eigenvalue weighted by atomic mass is 32.1. The SMILES string of the molecule is Cc1nc(C(=O)NC(C)CC#N)cs1. The lowest BCUT2D eigenvalue weighted by atomic mass is 10.2. The molecule has 0 aromatic carbocycles. The van der Waals surface area contributed by atoms with E-state index in [0.29, 0.717) is 12.1 Å². The van der Waals surface area contributed by atoms with Gasteiger partial charge in [0, 0.05) is 11.4 Å². The van der Waals surface area contributed by atoms with E-state index < -0.39 is 0 Å². The van der Waals surface area contributed by atoms with Crippen molar-refractivity contribution in [2.75, 3.05) is 0 Å². The van der Waals surface area contributed by atoms with Crippen molar-refractivity contribution in [1.82, 2.24) is 10.3 Å². The average molecular weight is 209 g/mol. The normalized spacial score (nSPS) is 11.8. The van der Waals surface area contributed by atoms with Gasteiger partial charge in [-0.25, -0.2) is 4.98 Å². The van der Waals surface area contributed by atoms with Crippen molar-refractivity contribution in [3.8, 4) is 6.07 Å². The van der Waals surface area contributed by atoms with Crippen LogP contribution in [0.25, 0.3) is 0 Å². The number of aromatic nitrogens is 1. The molecule has 1 aromatic rings. The predicted octanol–water partition coefficient (Wildman–Crippen LogP) is 1.48. The zero-order chi connectivity index (χ0) is 10.6. The lowest BCUT2D eigenvalue weighted by Gasteiger charge is -2.07. The summed E-state index contributed by atoms with van der Waals surface area (Å²) < 4.78 is 0. The highest BCUT2D eigenvalue weighted by Crippen LogP contribution is 2.07. The van der Waals surface area contributed by atoms with Crippen LogP contribution in [0.2, 0.25) is 0 Å². The fourth-order valence-corrected chi connectivity index (χ4v) is 1.55. The van der Waals surface area contributed by atoms with Crippen LogP contribution in [0.15, 0.2) is 5.38 Å². The molecule has 1 unspecified atom stereocenters. The van der Waals surface area contributed by atoms with Gasteiger partial charge in [0.05, 0.1) is 17.5 Å². The first-order chi connectivity index (χ1) is 6.63. The monoisotopic (exact) mass is 209 g/mol. The molecule has 1 N–H and O–H groups in total. The molecule has 0 bridgehead atoms. The van der Waals surface area contributed by atoms with Crippen molar-refractivity contribution in [2.45, 2.75) is 26.3 Å². The molecule has 0 radical (unpaired) electrons. The second kappa shape index (κ2) is 4.72. The van der Waals surface area contributed by atoms with Gasteiger partial charge in [0.15, 0.2) is 0 Å². The van der Waals surface area contributed by atoms with E-state index in [4.69, 9.17) is 5.26 Å². The zero-order valence-electron chi connectivity index (χ0n) is 8.07. The Morgan fingerprint density at radius 3 is 3.07 bits per heavy atom. The third kappa shape index (κ3) is 2.82. The quantitative estimate of drug-likeness (QED) is 0.820. The number of carbonyl (C=O) groups excluding carboxylic acids is 1. The molecule has 0 spiro atoms. The second-order valence-electron chi connectivity index (χ2n) is 2.99. The summed E-state index contributed by atoms with van der Waals surface area (Å²) in [7, 11) is 0. The fraction of sp³-hybridized carbons (Fsp3) is 0.444. The molecule has 0 aliphatic carbocycles. The Kier molecular flexibility index (Phi) is 3.60. The van der Waals surface area contributed by atoms with Crippen molar-refractivity contribution >= 4 is 17.2 Å². The summed E-state index contributed by atoms with van der Waals surface area (Å²) >= 11 is 1.44. The first-order valence-corrected chi connectivity index (χ1v) is 5.11. The number of nitrogens with zero attached hydrogens (tertiary/aromatic N) is 2. The fourth-order valence-electron chi connectivity index (χ4n) is 0.953. The largest absolute Gasteiger partial charge is 0.347 e. The maximum absolute atomic E-state index is 11.5. The molecule has 1 heterocycles. The summed E-state index contributed by atoms with van der Waals surface area (Å²) in [6, 6.07) is 1.87. The molecule has 1 amide bonds. The minimum atomic E-state index is -0.211. The first kappa shape index (κ1) is 10.7. The van der Waals surface area contributed by atoms with E-state index in [-0.39, 0.29) is 11.9 Å². The maximum Gasteiger partial charge on any atom is 0.270 e. The molecule has 1 aromatic heterocycles. The summed E-state index contributed by atoms with van der Waals surface area (Å²) in [4.78, 5) is 15.5. The van der Waals surface area contributed by atoms with E-state index in [9.17, 15) is 4.79 Å². The third-order valence-corrected chi connectivity index (χ3v) is 2.40. The van der Waals surface area contributed by atoms with Crippen molar-refractivity contribution in [3.63, 3.8) is 0 Å². The highest BCUT2D eigenvalue weighted by molar-refractivity contribution is 7.09. The molecular formula is C9H11N3OS. The van der Waals surface area contributed by atoms with Crippen LogP contribution in [0.3, 0.4) is 0 Å². The third-order valence-electron chi connectivity index (χ3n) is 1.63. The lowest BCUT2D eigenvalue weighted by molar-refractivity contribution is 0.0936. The molecule has 0 saturated carbocycles. The van der Waals surface area contributed by atoms with Crippen LogP contribution in [-0.4, -0.2) is 16.9 Å². The summed E-state index contributed by atoms with van der Waals surface area (Å²) in [6.07, 6.45) is 0.314. The summed E-state index contributed by atoms with van der Waals surface area (Å²) in [5, 5.41) is 13.7. The lowest BCUT2D eigenvalue weighted by Crippen LogP contribution is -2.32. The molecule has 74 valence electrons. The molecule has 0 aliphatic heterocycles. The molecule has 0 fully saturated rings. The number of hydrogen-bond acceptors (Lipinski definition) is 4. The molecule has 1 rings (SSSR count). The standard InChI is InChI=1S/C9H11N3OS/c1-6(3-4-10)11-9(13)8-5-14-7(2)12-8/h5-6H,3H2,1-2H3,(H,11,13). The average Bonchev–Trinajstić information content (AvgIpc) is 2.52. The van der Waals surface area contributed by atoms with Gasteiger partial charge in [-0.1, -0.05) is 0 Å². The van der Waals surface area contributed by atoms with Crippen LogP contribution in [0.1, 0.15) is 28.8 Å². The Hall–Kier alpha value is -1.41. The van der Waals surface area contributed by atoms with Gasteiger partial charge < -0.3 is 5.32 Å². The Morgan fingerprint density at radius 1 is 1.86 bits per heavy atom. The number of aryl methyl sites for hydroxylation is 1. The molecule has 4 nitrogen and oxygen atoms in total. The number of nitriles is 1. The summed E-state index contributed by atoms with van der Waals surface area (Å²) in [5.74, 6) is -0.211. The van der Waals surface area contributed by atoms with Crippen LogP contribution in [0, 0.1) is 18.3 Å². The number of carbonyl (C=O) groups is 1. The van der Waals surface area contributed by atoms with Crippen LogP contribution in [-0.2, 0) is 0 Å². The van der Waals surface area contributed by atoms with E-state index in [0.717, 1.165) is 5.01 Å². The predicted molar refractivity (Wildman–Crippen MR) is 54.0 cm³/mol. The molecule has 5 heteroatoms. The van der Waals surface area contributed by atoms with Crippen LogP contribution < -0.4 is 5.32 Å². The van der Waals surface area contributed by atoms with E-state index >= 15 is 0 Å². The number of rotatable bonds is 3. The van der Waals surface area contributed by atoms with E-state index in [1.165, 1.54) is 11.3 Å². The van der Waals surface area contributed by atoms with Crippen molar-refractivity contribution in [1.29, 1.82) is 5.26 Å². The highest BCUT2D eigenvalue weighted by Gasteiger charge is 2.11. The minimum absolute atomic E-state index is 0.130. The van der Waals surface area contributed by atoms with Crippen molar-refractivity contribution in [2.24, 2.45) is 0 Å². The Balaban J connectivity index is 2.55. The summed E-state index contributed by atoms with van der Waals surface area (Å²) in [6.45, 7) is 3.64. The number of nitrogens with one attached hydrogen (secondary N) is 1. The second-order valence-corrected chi connectivity index (χ2v) is 4.05. The molecule has 1 atom stereocenters. The van der Waals surface area contributed by atoms with E-state index in [1.807, 2.05) is 13.0 Å². The molecule has 0 aliphatic rings. The van der Waals surface area contributed by atoms with Gasteiger partial charge in [-0.05, 0) is 13.8 Å². The Bertz CT molecular complexity index is 366. The number of hydrogen-bond donors (Lipinski definition) is 1. The van der Waals surface area contributed by atoms with Gasteiger partial charge in [-0.2, -0.15) is 5.26 Å². The molecule has 0 saturated heterocycles. The van der Waals surface area contributed by atoms with Gasteiger partial charge in [0.2, 0.25) is 0 Å². The Morgan fingerprint density at radius 2 is 2.57 bits per heavy atom. The molecular weight excluding hydrogens is 198 g/mol. The van der Waals surface area contributed by atoms with Crippen LogP contribution in [0.4, 0.5) is 0 Å². The van der Waals surface area contributed by atoms with E-state index in [2.05, 4.69) is 10.3 Å². The van der Waals surface area contributed by atoms with Gasteiger partial charge in [0.25, 0.3) is 5.91 Å². The van der Waals surface area contributed by atoms with Crippen LogP contribution in [0.5, 0.6) is 0 Å². The Labute approximate surface area is 86.6 Å². The van der Waals surface area contributed by atoms with Crippen LogP contribution >= 0.6 is 11.3 Å². The van der Waals surface area contributed by atoms with Gasteiger partial charge in [0.1, 0.15) is 5.69 Å². The van der Waals surface area contributed by atoms with E-state index in [1.54, 1.807) is 12.3 Å². The van der Waals surface area contributed by atoms with Crippen molar-refractivity contribution < 1.29 is 4.79 Å². The zero-order valence-corrected chi connectivity index (χ0v) is 8.89. The molecule has 14 heavy (non-hydrogen) atoms. The maximum atomic E-state index is 11.5. The summed E-state index contributed by atoms with van der Waals surface area (Å²) in [5.41, 5.74) is 0.428.